The Morgan fingerprint density at radius 3 is 2.75 bits per heavy atom. The molecule has 1 saturated heterocycles. The average Bonchev–Trinajstić information content (AvgIpc) is 2.90. The molecule has 8 nitrogen and oxygen atoms in total. The summed E-state index contributed by atoms with van der Waals surface area (Å²) in [6.07, 6.45) is 1.25. The number of hydrogen-bond donors (Lipinski definition) is 2. The van der Waals surface area contributed by atoms with Gasteiger partial charge in [0.1, 0.15) is 17.6 Å². The number of amides is 1. The van der Waals surface area contributed by atoms with Crippen LogP contribution in [-0.4, -0.2) is 53.4 Å². The van der Waals surface area contributed by atoms with Crippen LogP contribution in [0.2, 0.25) is 0 Å². The van der Waals surface area contributed by atoms with Crippen LogP contribution < -0.4 is 10.6 Å². The highest BCUT2D eigenvalue weighted by Crippen LogP contribution is 2.15. The summed E-state index contributed by atoms with van der Waals surface area (Å²) in [7, 11) is 0. The quantitative estimate of drug-likeness (QED) is 0.413. The molecule has 0 radical (unpaired) electrons. The summed E-state index contributed by atoms with van der Waals surface area (Å²) in [4.78, 5) is 18.0. The number of guanidine groups is 1. The number of halogens is 1. The molecule has 0 unspecified atom stereocenters. The molecule has 2 heterocycles. The summed E-state index contributed by atoms with van der Waals surface area (Å²) in [5.41, 5.74) is 0.301. The van der Waals surface area contributed by atoms with Crippen molar-refractivity contribution in [2.45, 2.75) is 45.9 Å². The van der Waals surface area contributed by atoms with Crippen molar-refractivity contribution in [3.05, 3.63) is 18.0 Å². The number of likely N-dealkylation sites (tertiary alicyclic amines) is 1. The third kappa shape index (κ3) is 6.54. The van der Waals surface area contributed by atoms with Crippen LogP contribution in [0, 0.1) is 0 Å². The number of ether oxygens (including phenoxy) is 1. The molecule has 2 rings (SSSR count). The van der Waals surface area contributed by atoms with Crippen molar-refractivity contribution in [1.29, 1.82) is 0 Å². The molecule has 136 valence electrons. The van der Waals surface area contributed by atoms with E-state index in [2.05, 4.69) is 20.8 Å². The van der Waals surface area contributed by atoms with Crippen LogP contribution in [0.5, 0.6) is 0 Å². The lowest BCUT2D eigenvalue weighted by Crippen LogP contribution is -2.63. The van der Waals surface area contributed by atoms with E-state index in [0.717, 1.165) is 12.2 Å². The lowest BCUT2D eigenvalue weighted by Gasteiger charge is -2.40. The normalized spacial score (nSPS) is 15.3. The Balaban J connectivity index is 0.00000288. The van der Waals surface area contributed by atoms with Gasteiger partial charge in [-0.3, -0.25) is 0 Å². The van der Waals surface area contributed by atoms with Gasteiger partial charge in [-0.15, -0.1) is 24.0 Å². The first-order valence-corrected chi connectivity index (χ1v) is 7.79. The molecular weight excluding hydrogens is 425 g/mol. The van der Waals surface area contributed by atoms with Gasteiger partial charge in [-0.05, 0) is 27.7 Å². The summed E-state index contributed by atoms with van der Waals surface area (Å²) in [6.45, 7) is 9.98. The first kappa shape index (κ1) is 20.5. The van der Waals surface area contributed by atoms with Crippen LogP contribution >= 0.6 is 24.0 Å². The monoisotopic (exact) mass is 451 g/mol. The number of aliphatic imine (C=N–C) groups is 1. The van der Waals surface area contributed by atoms with Crippen molar-refractivity contribution in [2.75, 3.05) is 19.6 Å². The van der Waals surface area contributed by atoms with E-state index in [4.69, 9.17) is 9.26 Å². The van der Waals surface area contributed by atoms with E-state index in [1.807, 2.05) is 27.7 Å². The first-order chi connectivity index (χ1) is 10.9. The predicted molar refractivity (Wildman–Crippen MR) is 101 cm³/mol. The zero-order chi connectivity index (χ0) is 16.9. The van der Waals surface area contributed by atoms with Crippen molar-refractivity contribution in [1.82, 2.24) is 20.7 Å². The summed E-state index contributed by atoms with van der Waals surface area (Å²) >= 11 is 0. The Hall–Kier alpha value is -1.52. The van der Waals surface area contributed by atoms with Crippen LogP contribution in [-0.2, 0) is 11.3 Å². The van der Waals surface area contributed by atoms with E-state index in [9.17, 15) is 4.79 Å². The van der Waals surface area contributed by atoms with Crippen molar-refractivity contribution in [2.24, 2.45) is 4.99 Å². The average molecular weight is 451 g/mol. The fraction of sp³-hybridized carbons (Fsp3) is 0.667. The molecule has 2 N–H and O–H groups in total. The van der Waals surface area contributed by atoms with Gasteiger partial charge in [0.15, 0.2) is 5.96 Å². The van der Waals surface area contributed by atoms with Crippen molar-refractivity contribution in [3.63, 3.8) is 0 Å². The minimum Gasteiger partial charge on any atom is -0.444 e. The molecule has 0 spiro atoms. The maximum absolute atomic E-state index is 11.9. The Kier molecular flexibility index (Phi) is 7.77. The van der Waals surface area contributed by atoms with Crippen LogP contribution in [0.3, 0.4) is 0 Å². The van der Waals surface area contributed by atoms with Gasteiger partial charge in [-0.25, -0.2) is 9.79 Å². The first-order valence-electron chi connectivity index (χ1n) is 7.79. The number of aromatic nitrogens is 1. The number of carbonyl (C=O) groups excluding carboxylic acids is 1. The Labute approximate surface area is 159 Å². The van der Waals surface area contributed by atoms with Gasteiger partial charge in [0.25, 0.3) is 0 Å². The van der Waals surface area contributed by atoms with E-state index in [0.29, 0.717) is 25.6 Å². The van der Waals surface area contributed by atoms with Crippen LogP contribution in [0.4, 0.5) is 4.79 Å². The van der Waals surface area contributed by atoms with Gasteiger partial charge in [-0.1, -0.05) is 5.16 Å². The number of carbonyl (C=O) groups is 1. The lowest BCUT2D eigenvalue weighted by molar-refractivity contribution is 0.00701. The van der Waals surface area contributed by atoms with Crippen LogP contribution in [0.25, 0.3) is 0 Å². The van der Waals surface area contributed by atoms with Crippen molar-refractivity contribution >= 4 is 36.0 Å². The van der Waals surface area contributed by atoms with E-state index >= 15 is 0 Å². The molecule has 1 aliphatic rings. The highest BCUT2D eigenvalue weighted by molar-refractivity contribution is 14.0. The maximum Gasteiger partial charge on any atom is 0.410 e. The Morgan fingerprint density at radius 1 is 1.50 bits per heavy atom. The van der Waals surface area contributed by atoms with Crippen molar-refractivity contribution in [3.8, 4) is 0 Å². The van der Waals surface area contributed by atoms with E-state index in [1.54, 1.807) is 11.0 Å². The zero-order valence-electron chi connectivity index (χ0n) is 14.5. The van der Waals surface area contributed by atoms with Crippen molar-refractivity contribution < 1.29 is 14.1 Å². The molecule has 1 aromatic rings. The third-order valence-electron chi connectivity index (χ3n) is 3.11. The minimum absolute atomic E-state index is 0. The molecule has 9 heteroatoms. The van der Waals surface area contributed by atoms with E-state index in [1.165, 1.54) is 6.26 Å². The summed E-state index contributed by atoms with van der Waals surface area (Å²) in [5, 5.41) is 10.3. The molecule has 1 aromatic heterocycles. The zero-order valence-corrected chi connectivity index (χ0v) is 16.9. The molecule has 0 bridgehead atoms. The number of nitrogens with zero attached hydrogens (tertiary/aromatic N) is 3. The Morgan fingerprint density at radius 2 is 2.21 bits per heavy atom. The fourth-order valence-electron chi connectivity index (χ4n) is 2.04. The number of hydrogen-bond acceptors (Lipinski definition) is 5. The standard InChI is InChI=1S/C15H25N5O3.HI/c1-5-16-13(17-8-11-6-7-22-19-11)18-12-9-20(10-12)14(21)23-15(2,3)4;/h6-7,12H,5,8-10H2,1-4H3,(H2,16,17,18);1H. The molecule has 0 aliphatic carbocycles. The molecule has 1 aliphatic heterocycles. The fourth-order valence-corrected chi connectivity index (χ4v) is 2.04. The second kappa shape index (κ2) is 9.09. The molecule has 0 saturated carbocycles. The largest absolute Gasteiger partial charge is 0.444 e. The highest BCUT2D eigenvalue weighted by atomic mass is 127. The summed E-state index contributed by atoms with van der Waals surface area (Å²) in [6, 6.07) is 1.94. The Bertz CT molecular complexity index is 536. The van der Waals surface area contributed by atoms with Crippen LogP contribution in [0.1, 0.15) is 33.4 Å². The SMILES string of the molecule is CCNC(=NCc1ccon1)NC1CN(C(=O)OC(C)(C)C)C1.I. The molecule has 24 heavy (non-hydrogen) atoms. The smallest absolute Gasteiger partial charge is 0.410 e. The van der Waals surface area contributed by atoms with Gasteiger partial charge >= 0.3 is 6.09 Å². The van der Waals surface area contributed by atoms with Gasteiger partial charge in [0.05, 0.1) is 12.6 Å². The van der Waals surface area contributed by atoms with Gasteiger partial charge < -0.3 is 24.8 Å². The lowest BCUT2D eigenvalue weighted by atomic mass is 10.1. The number of rotatable bonds is 4. The topological polar surface area (TPSA) is 92.0 Å². The third-order valence-corrected chi connectivity index (χ3v) is 3.11. The maximum atomic E-state index is 11.9. The highest BCUT2D eigenvalue weighted by Gasteiger charge is 2.34. The van der Waals surface area contributed by atoms with Gasteiger partial charge in [0.2, 0.25) is 0 Å². The van der Waals surface area contributed by atoms with Gasteiger partial charge in [-0.2, -0.15) is 0 Å². The second-order valence-corrected chi connectivity index (χ2v) is 6.41. The van der Waals surface area contributed by atoms with E-state index < -0.39 is 5.60 Å². The van der Waals surface area contributed by atoms with Crippen LogP contribution in [0.15, 0.2) is 21.8 Å². The molecule has 0 aromatic carbocycles. The second-order valence-electron chi connectivity index (χ2n) is 6.41. The number of nitrogens with one attached hydrogen (secondary N) is 2. The van der Waals surface area contributed by atoms with E-state index in [-0.39, 0.29) is 36.1 Å². The minimum atomic E-state index is -0.469. The van der Waals surface area contributed by atoms with Gasteiger partial charge in [0, 0.05) is 25.7 Å². The molecule has 1 fully saturated rings. The predicted octanol–water partition coefficient (Wildman–Crippen LogP) is 1.97. The molecular formula is C15H26IN5O3. The molecule has 1 amide bonds. The summed E-state index contributed by atoms with van der Waals surface area (Å²) < 4.78 is 10.1. The molecule has 0 atom stereocenters. The summed E-state index contributed by atoms with van der Waals surface area (Å²) in [5.74, 6) is 0.698.